The molecule has 0 bridgehead atoms. The summed E-state index contributed by atoms with van der Waals surface area (Å²) in [6.07, 6.45) is 0.995. The third-order valence-electron chi connectivity index (χ3n) is 3.16. The van der Waals surface area contributed by atoms with Gasteiger partial charge in [-0.2, -0.15) is 0 Å². The van der Waals surface area contributed by atoms with Crippen molar-refractivity contribution in [2.24, 2.45) is 16.2 Å². The van der Waals surface area contributed by atoms with E-state index >= 15 is 0 Å². The lowest BCUT2D eigenvalue weighted by molar-refractivity contribution is -0.199. The first kappa shape index (κ1) is 19.4. The summed E-state index contributed by atoms with van der Waals surface area (Å²) in [7, 11) is 0. The van der Waals surface area contributed by atoms with Crippen LogP contribution in [-0.2, 0) is 14.3 Å². The molecule has 0 rings (SSSR count). The van der Waals surface area contributed by atoms with E-state index < -0.39 is 11.7 Å². The number of hydrogen-bond donors (Lipinski definition) is 0. The van der Waals surface area contributed by atoms with Crippen LogP contribution in [0.5, 0.6) is 0 Å². The molecule has 1 unspecified atom stereocenters. The Balaban J connectivity index is 4.74. The van der Waals surface area contributed by atoms with Crippen LogP contribution in [0.4, 0.5) is 0 Å². The summed E-state index contributed by atoms with van der Waals surface area (Å²) in [5.41, 5.74) is -0.344. The molecule has 1 atom stereocenters. The number of hydrogen-bond acceptors (Lipinski definition) is 3. The van der Waals surface area contributed by atoms with Crippen LogP contribution in [0, 0.1) is 16.2 Å². The van der Waals surface area contributed by atoms with Gasteiger partial charge in [0.25, 0.3) is 0 Å². The van der Waals surface area contributed by atoms with Crippen molar-refractivity contribution < 1.29 is 14.3 Å². The van der Waals surface area contributed by atoms with Gasteiger partial charge >= 0.3 is 5.97 Å². The molecule has 0 aromatic heterocycles. The molecular formula is C17H34O3. The molecule has 0 amide bonds. The Morgan fingerprint density at radius 2 is 1.45 bits per heavy atom. The van der Waals surface area contributed by atoms with Crippen molar-refractivity contribution in [2.75, 3.05) is 6.61 Å². The fourth-order valence-electron chi connectivity index (χ4n) is 1.40. The Morgan fingerprint density at radius 1 is 0.950 bits per heavy atom. The number of ether oxygens (including phenoxy) is 2. The zero-order valence-corrected chi connectivity index (χ0v) is 14.9. The van der Waals surface area contributed by atoms with Crippen LogP contribution in [-0.4, -0.2) is 18.9 Å². The monoisotopic (exact) mass is 286 g/mol. The van der Waals surface area contributed by atoms with Crippen LogP contribution in [0.2, 0.25) is 0 Å². The maximum Gasteiger partial charge on any atom is 0.313 e. The third kappa shape index (κ3) is 8.57. The molecule has 0 aliphatic rings. The molecule has 0 spiro atoms. The predicted molar refractivity (Wildman–Crippen MR) is 83.4 cm³/mol. The molecule has 3 nitrogen and oxygen atoms in total. The second-order valence-electron chi connectivity index (χ2n) is 8.71. The third-order valence-corrected chi connectivity index (χ3v) is 3.16. The normalized spacial score (nSPS) is 15.1. The molecule has 0 aliphatic carbocycles. The lowest BCUT2D eigenvalue weighted by Gasteiger charge is -2.31. The maximum absolute atomic E-state index is 12.2. The van der Waals surface area contributed by atoms with Crippen LogP contribution >= 0.6 is 0 Å². The molecule has 120 valence electrons. The summed E-state index contributed by atoms with van der Waals surface area (Å²) in [5.74, 6) is -0.178. The first-order valence-corrected chi connectivity index (χ1v) is 7.59. The molecule has 0 heterocycles. The minimum absolute atomic E-state index is 0.0548. The summed E-state index contributed by atoms with van der Waals surface area (Å²) >= 11 is 0. The second-order valence-corrected chi connectivity index (χ2v) is 8.71. The Hall–Kier alpha value is -0.570. The number of carbonyl (C=O) groups excluding carboxylic acids is 1. The standard InChI is InChI=1S/C17H34O3/c1-10-17(8,9)14(18)20-13(11-15(2,3)4)19-12-16(5,6)7/h13H,10-12H2,1-9H3. The summed E-state index contributed by atoms with van der Waals surface area (Å²) in [5, 5.41) is 0. The van der Waals surface area contributed by atoms with E-state index in [-0.39, 0.29) is 16.8 Å². The number of esters is 1. The summed E-state index contributed by atoms with van der Waals surface area (Å²) in [6.45, 7) is 19.1. The molecular weight excluding hydrogens is 252 g/mol. The topological polar surface area (TPSA) is 35.5 Å². The average molecular weight is 286 g/mol. The van der Waals surface area contributed by atoms with Gasteiger partial charge < -0.3 is 9.47 Å². The van der Waals surface area contributed by atoms with E-state index in [1.54, 1.807) is 0 Å². The summed E-state index contributed by atoms with van der Waals surface area (Å²) in [4.78, 5) is 12.2. The van der Waals surface area contributed by atoms with Gasteiger partial charge in [0, 0.05) is 6.42 Å². The van der Waals surface area contributed by atoms with Crippen LogP contribution in [0.25, 0.3) is 0 Å². The van der Waals surface area contributed by atoms with Gasteiger partial charge in [-0.25, -0.2) is 0 Å². The molecule has 0 radical (unpaired) electrons. The van der Waals surface area contributed by atoms with Crippen LogP contribution in [0.3, 0.4) is 0 Å². The number of carbonyl (C=O) groups is 1. The van der Waals surface area contributed by atoms with Gasteiger partial charge in [-0.1, -0.05) is 48.5 Å². The van der Waals surface area contributed by atoms with Crippen LogP contribution in [0.1, 0.15) is 75.2 Å². The Bertz CT molecular complexity index is 305. The smallest absolute Gasteiger partial charge is 0.313 e. The minimum atomic E-state index is -0.465. The lowest BCUT2D eigenvalue weighted by Crippen LogP contribution is -2.35. The van der Waals surface area contributed by atoms with E-state index in [1.807, 2.05) is 20.8 Å². The van der Waals surface area contributed by atoms with E-state index in [2.05, 4.69) is 41.5 Å². The summed E-state index contributed by atoms with van der Waals surface area (Å²) in [6, 6.07) is 0. The zero-order valence-electron chi connectivity index (χ0n) is 14.9. The SMILES string of the molecule is CCC(C)(C)C(=O)OC(CC(C)(C)C)OCC(C)(C)C. The second kappa shape index (κ2) is 6.93. The molecule has 20 heavy (non-hydrogen) atoms. The fraction of sp³-hybridized carbons (Fsp3) is 0.941. The Labute approximate surface area is 125 Å². The Morgan fingerprint density at radius 3 is 1.80 bits per heavy atom. The van der Waals surface area contributed by atoms with Crippen molar-refractivity contribution in [1.82, 2.24) is 0 Å². The van der Waals surface area contributed by atoms with E-state index in [4.69, 9.17) is 9.47 Å². The van der Waals surface area contributed by atoms with Crippen molar-refractivity contribution in [1.29, 1.82) is 0 Å². The predicted octanol–water partition coefficient (Wildman–Crippen LogP) is 4.79. The van der Waals surface area contributed by atoms with Crippen molar-refractivity contribution in [3.8, 4) is 0 Å². The van der Waals surface area contributed by atoms with Crippen molar-refractivity contribution >= 4 is 5.97 Å². The molecule has 0 aliphatic heterocycles. The van der Waals surface area contributed by atoms with Gasteiger partial charge in [0.1, 0.15) is 0 Å². The first-order chi connectivity index (χ1) is 8.77. The molecule has 0 N–H and O–H groups in total. The zero-order chi connectivity index (χ0) is 16.2. The fourth-order valence-corrected chi connectivity index (χ4v) is 1.40. The van der Waals surface area contributed by atoms with Crippen LogP contribution < -0.4 is 0 Å². The maximum atomic E-state index is 12.2. The van der Waals surface area contributed by atoms with E-state index in [1.165, 1.54) is 0 Å². The van der Waals surface area contributed by atoms with Crippen molar-refractivity contribution in [2.45, 2.75) is 81.4 Å². The molecule has 0 fully saturated rings. The highest BCUT2D eigenvalue weighted by Crippen LogP contribution is 2.28. The first-order valence-electron chi connectivity index (χ1n) is 7.59. The van der Waals surface area contributed by atoms with E-state index in [0.717, 1.165) is 6.42 Å². The quantitative estimate of drug-likeness (QED) is 0.520. The summed E-state index contributed by atoms with van der Waals surface area (Å²) < 4.78 is 11.5. The van der Waals surface area contributed by atoms with Gasteiger partial charge in [-0.05, 0) is 31.1 Å². The molecule has 0 saturated heterocycles. The van der Waals surface area contributed by atoms with E-state index in [0.29, 0.717) is 13.0 Å². The largest absolute Gasteiger partial charge is 0.435 e. The number of rotatable bonds is 6. The van der Waals surface area contributed by atoms with Gasteiger partial charge in [0.05, 0.1) is 12.0 Å². The van der Waals surface area contributed by atoms with Gasteiger partial charge in [-0.15, -0.1) is 0 Å². The Kier molecular flexibility index (Phi) is 6.73. The minimum Gasteiger partial charge on any atom is -0.435 e. The average Bonchev–Trinajstić information content (AvgIpc) is 2.22. The lowest BCUT2D eigenvalue weighted by atomic mass is 9.90. The van der Waals surface area contributed by atoms with Gasteiger partial charge in [0.2, 0.25) is 6.29 Å². The van der Waals surface area contributed by atoms with E-state index in [9.17, 15) is 4.79 Å². The van der Waals surface area contributed by atoms with Crippen LogP contribution in [0.15, 0.2) is 0 Å². The molecule has 0 aromatic carbocycles. The highest BCUT2D eigenvalue weighted by molar-refractivity contribution is 5.75. The highest BCUT2D eigenvalue weighted by Gasteiger charge is 2.32. The molecule has 3 heteroatoms. The highest BCUT2D eigenvalue weighted by atomic mass is 16.7. The molecule has 0 saturated carbocycles. The molecule has 0 aromatic rings. The van der Waals surface area contributed by atoms with Crippen molar-refractivity contribution in [3.63, 3.8) is 0 Å². The van der Waals surface area contributed by atoms with Gasteiger partial charge in [0.15, 0.2) is 0 Å². The van der Waals surface area contributed by atoms with Gasteiger partial charge in [-0.3, -0.25) is 4.79 Å². The van der Waals surface area contributed by atoms with Crippen molar-refractivity contribution in [3.05, 3.63) is 0 Å².